The number of aliphatic hydroxyl groups excluding tert-OH is 1. The molecular formula is C26H40O5. The van der Waals surface area contributed by atoms with Gasteiger partial charge in [-0.25, -0.2) is 0 Å². The maximum atomic E-state index is 10.6. The summed E-state index contributed by atoms with van der Waals surface area (Å²) in [5.41, 5.74) is -0.434. The first-order valence-electron chi connectivity index (χ1n) is 11.9. The quantitative estimate of drug-likeness (QED) is 0.251. The lowest BCUT2D eigenvalue weighted by Gasteiger charge is -2.33. The Morgan fingerprint density at radius 2 is 2.10 bits per heavy atom. The lowest BCUT2D eigenvalue weighted by molar-refractivity contribution is -0.207. The molecule has 0 aromatic carbocycles. The Bertz CT molecular complexity index is 652. The van der Waals surface area contributed by atoms with Crippen LogP contribution in [0.2, 0.25) is 0 Å². The predicted octanol–water partition coefficient (Wildman–Crippen LogP) is 5.24. The summed E-state index contributed by atoms with van der Waals surface area (Å²) >= 11 is 0. The minimum atomic E-state index is -0.751. The molecule has 0 bridgehead atoms. The molecule has 2 aliphatic rings. The highest BCUT2D eigenvalue weighted by Gasteiger charge is 2.34. The Balaban J connectivity index is 1.95. The molecule has 1 aliphatic heterocycles. The third-order valence-corrected chi connectivity index (χ3v) is 6.33. The van der Waals surface area contributed by atoms with Crippen LogP contribution in [0, 0.1) is 23.7 Å². The molecular weight excluding hydrogens is 392 g/mol. The van der Waals surface area contributed by atoms with Crippen LogP contribution in [0.25, 0.3) is 0 Å². The maximum Gasteiger partial charge on any atom is 0.303 e. The Morgan fingerprint density at radius 3 is 2.81 bits per heavy atom. The van der Waals surface area contributed by atoms with Crippen LogP contribution in [0.1, 0.15) is 84.5 Å². The van der Waals surface area contributed by atoms with E-state index in [0.29, 0.717) is 12.3 Å². The molecule has 31 heavy (non-hydrogen) atoms. The van der Waals surface area contributed by atoms with E-state index >= 15 is 0 Å². The molecule has 5 atom stereocenters. The average Bonchev–Trinajstić information content (AvgIpc) is 3.09. The highest BCUT2D eigenvalue weighted by atomic mass is 16.7. The van der Waals surface area contributed by atoms with Gasteiger partial charge >= 0.3 is 5.97 Å². The fourth-order valence-corrected chi connectivity index (χ4v) is 4.44. The molecule has 2 N–H and O–H groups in total. The second-order valence-corrected chi connectivity index (χ2v) is 8.98. The summed E-state index contributed by atoms with van der Waals surface area (Å²) in [4.78, 5) is 10.6. The molecule has 0 radical (unpaired) electrons. The van der Waals surface area contributed by atoms with Gasteiger partial charge in [0.2, 0.25) is 0 Å². The van der Waals surface area contributed by atoms with E-state index in [2.05, 4.69) is 37.0 Å². The van der Waals surface area contributed by atoms with Gasteiger partial charge in [0.25, 0.3) is 0 Å². The number of hydrogen-bond acceptors (Lipinski definition) is 4. The maximum absolute atomic E-state index is 10.6. The van der Waals surface area contributed by atoms with Crippen LogP contribution in [0.3, 0.4) is 0 Å². The molecule has 2 fully saturated rings. The van der Waals surface area contributed by atoms with E-state index in [1.54, 1.807) is 0 Å². The van der Waals surface area contributed by atoms with Crippen molar-refractivity contribution in [2.24, 2.45) is 11.8 Å². The number of carboxylic acids is 1. The zero-order valence-corrected chi connectivity index (χ0v) is 19.2. The zero-order chi connectivity index (χ0) is 22.5. The molecule has 5 nitrogen and oxygen atoms in total. The third kappa shape index (κ3) is 9.60. The first kappa shape index (κ1) is 25.6. The van der Waals surface area contributed by atoms with Gasteiger partial charge in [-0.15, -0.1) is 11.8 Å². The summed E-state index contributed by atoms with van der Waals surface area (Å²) in [6.07, 6.45) is 17.1. The van der Waals surface area contributed by atoms with Crippen molar-refractivity contribution in [1.29, 1.82) is 0 Å². The van der Waals surface area contributed by atoms with Crippen LogP contribution in [0.4, 0.5) is 0 Å². The minimum Gasteiger partial charge on any atom is -0.481 e. The predicted molar refractivity (Wildman–Crippen MR) is 122 cm³/mol. The first-order chi connectivity index (χ1) is 14.9. The molecule has 0 aromatic heterocycles. The summed E-state index contributed by atoms with van der Waals surface area (Å²) in [7, 11) is 0. The normalized spacial score (nSPS) is 28.5. The Hall–Kier alpha value is -1.61. The fraction of sp³-hybridized carbons (Fsp3) is 0.731. The summed E-state index contributed by atoms with van der Waals surface area (Å²) in [5.74, 6) is 5.86. The van der Waals surface area contributed by atoms with E-state index in [0.717, 1.165) is 64.4 Å². The molecule has 1 saturated carbocycles. The van der Waals surface area contributed by atoms with Crippen molar-refractivity contribution in [3.05, 3.63) is 24.3 Å². The van der Waals surface area contributed by atoms with Gasteiger partial charge < -0.3 is 19.7 Å². The summed E-state index contributed by atoms with van der Waals surface area (Å²) in [5, 5.41) is 19.2. The Labute approximate surface area is 187 Å². The smallest absolute Gasteiger partial charge is 0.303 e. The van der Waals surface area contributed by atoms with Crippen LogP contribution in [0.15, 0.2) is 24.3 Å². The van der Waals surface area contributed by atoms with E-state index in [1.165, 1.54) is 0 Å². The van der Waals surface area contributed by atoms with Gasteiger partial charge in [0.05, 0.1) is 11.7 Å². The second-order valence-electron chi connectivity index (χ2n) is 8.98. The van der Waals surface area contributed by atoms with Gasteiger partial charge in [0, 0.05) is 19.4 Å². The topological polar surface area (TPSA) is 76.0 Å². The molecule has 1 heterocycles. The summed E-state index contributed by atoms with van der Waals surface area (Å²) in [6.45, 7) is 4.73. The van der Waals surface area contributed by atoms with Crippen LogP contribution in [-0.2, 0) is 14.3 Å². The molecule has 174 valence electrons. The number of aliphatic hydroxyl groups is 1. The Kier molecular flexibility index (Phi) is 11.4. The average molecular weight is 433 g/mol. The van der Waals surface area contributed by atoms with Crippen molar-refractivity contribution >= 4 is 5.97 Å². The number of aliphatic carboxylic acids is 1. The van der Waals surface area contributed by atoms with Crippen LogP contribution in [0.5, 0.6) is 0 Å². The van der Waals surface area contributed by atoms with E-state index in [9.17, 15) is 9.90 Å². The number of rotatable bonds is 12. The molecule has 1 aliphatic carbocycles. The van der Waals surface area contributed by atoms with E-state index in [1.807, 2.05) is 13.0 Å². The van der Waals surface area contributed by atoms with Crippen molar-refractivity contribution in [3.63, 3.8) is 0 Å². The number of hydrogen-bond donors (Lipinski definition) is 2. The molecule has 0 spiro atoms. The molecule has 5 heteroatoms. The van der Waals surface area contributed by atoms with Crippen LogP contribution >= 0.6 is 0 Å². The zero-order valence-electron chi connectivity index (χ0n) is 19.2. The number of carboxylic acid groups (broad SMARTS) is 1. The SMILES string of the molecule is CC#CCCC(C)(/C=C/[C@H]1CC[C@H](O)[C@@H]1C/C=C\CCCC(=O)O)OC1CCCCO1. The Morgan fingerprint density at radius 1 is 1.26 bits per heavy atom. The van der Waals surface area contributed by atoms with Crippen LogP contribution in [-0.4, -0.2) is 40.8 Å². The largest absolute Gasteiger partial charge is 0.481 e. The van der Waals surface area contributed by atoms with Gasteiger partial charge in [-0.3, -0.25) is 4.79 Å². The van der Waals surface area contributed by atoms with E-state index in [-0.39, 0.29) is 24.7 Å². The lowest BCUT2D eigenvalue weighted by atomic mass is 9.88. The van der Waals surface area contributed by atoms with Crippen molar-refractivity contribution in [3.8, 4) is 11.8 Å². The van der Waals surface area contributed by atoms with Gasteiger partial charge in [-0.1, -0.05) is 24.3 Å². The van der Waals surface area contributed by atoms with Crippen molar-refractivity contribution in [2.75, 3.05) is 6.61 Å². The number of ether oxygens (including phenoxy) is 2. The van der Waals surface area contributed by atoms with Crippen LogP contribution < -0.4 is 0 Å². The van der Waals surface area contributed by atoms with E-state index < -0.39 is 11.6 Å². The molecule has 2 unspecified atom stereocenters. The molecule has 1 saturated heterocycles. The third-order valence-electron chi connectivity index (χ3n) is 6.33. The molecule has 0 amide bonds. The lowest BCUT2D eigenvalue weighted by Crippen LogP contribution is -2.35. The number of carbonyl (C=O) groups is 1. The second kappa shape index (κ2) is 13.7. The fourth-order valence-electron chi connectivity index (χ4n) is 4.44. The highest BCUT2D eigenvalue weighted by Crippen LogP contribution is 2.37. The van der Waals surface area contributed by atoms with Crippen molar-refractivity contribution in [2.45, 2.75) is 102 Å². The van der Waals surface area contributed by atoms with Gasteiger partial charge in [-0.05, 0) is 83.5 Å². The van der Waals surface area contributed by atoms with Gasteiger partial charge in [0.1, 0.15) is 0 Å². The standard InChI is InChI=1S/C26H40O5/c1-3-4-10-18-26(2,31-25-14-9-11-20-30-25)19-17-21-15-16-23(27)22(21)12-7-5-6-8-13-24(28)29/h5,7,17,19,21-23,25,27H,6,8-16,18,20H2,1-2H3,(H,28,29)/b7-5-,19-17+/t21-,22-,23+,25?,26?/m1/s1. The first-order valence-corrected chi connectivity index (χ1v) is 11.9. The number of allylic oxidation sites excluding steroid dienone is 3. The van der Waals surface area contributed by atoms with Crippen molar-refractivity contribution in [1.82, 2.24) is 0 Å². The number of unbranched alkanes of at least 4 members (excludes halogenated alkanes) is 1. The summed E-state index contributed by atoms with van der Waals surface area (Å²) in [6, 6.07) is 0. The van der Waals surface area contributed by atoms with Crippen molar-refractivity contribution < 1.29 is 24.5 Å². The molecule has 0 aromatic rings. The summed E-state index contributed by atoms with van der Waals surface area (Å²) < 4.78 is 12.2. The highest BCUT2D eigenvalue weighted by molar-refractivity contribution is 5.66. The minimum absolute atomic E-state index is 0.156. The van der Waals surface area contributed by atoms with Gasteiger partial charge in [-0.2, -0.15) is 0 Å². The monoisotopic (exact) mass is 432 g/mol. The molecule has 2 rings (SSSR count). The van der Waals surface area contributed by atoms with E-state index in [4.69, 9.17) is 14.6 Å². The van der Waals surface area contributed by atoms with Gasteiger partial charge in [0.15, 0.2) is 6.29 Å².